The number of nitrogens with zero attached hydrogens (tertiary/aromatic N) is 3. The molecule has 0 amide bonds. The van der Waals surface area contributed by atoms with Gasteiger partial charge in [0.25, 0.3) is 0 Å². The fourth-order valence-electron chi connectivity index (χ4n) is 3.47. The molecule has 9 heteroatoms. The summed E-state index contributed by atoms with van der Waals surface area (Å²) in [5.41, 5.74) is 3.03. The number of aliphatic hydroxyl groups excluding tert-OH is 2. The van der Waals surface area contributed by atoms with Crippen molar-refractivity contribution in [3.8, 4) is 5.75 Å². The second-order valence-electron chi connectivity index (χ2n) is 7.63. The fourth-order valence-corrected chi connectivity index (χ4v) is 4.33. The highest BCUT2D eigenvalue weighted by Crippen LogP contribution is 2.34. The van der Waals surface area contributed by atoms with E-state index in [-0.39, 0.29) is 24.4 Å². The maximum atomic E-state index is 9.25. The number of ether oxygens (including phenoxy) is 1. The number of para-hydroxylation sites is 1. The van der Waals surface area contributed by atoms with Crippen LogP contribution in [-0.4, -0.2) is 58.3 Å². The van der Waals surface area contributed by atoms with Crippen LogP contribution in [0.3, 0.4) is 0 Å². The Bertz CT molecular complexity index is 949. The minimum atomic E-state index is -0.401. The van der Waals surface area contributed by atoms with E-state index in [2.05, 4.69) is 45.5 Å². The van der Waals surface area contributed by atoms with Crippen LogP contribution in [0.1, 0.15) is 36.8 Å². The van der Waals surface area contributed by atoms with Gasteiger partial charge in [-0.25, -0.2) is 15.0 Å². The van der Waals surface area contributed by atoms with Crippen LogP contribution >= 0.6 is 11.8 Å². The third-order valence-corrected chi connectivity index (χ3v) is 6.39. The predicted octanol–water partition coefficient (Wildman–Crippen LogP) is 3.07. The van der Waals surface area contributed by atoms with Crippen molar-refractivity contribution in [3.05, 3.63) is 54.1 Å². The number of rotatable bonds is 10. The van der Waals surface area contributed by atoms with Gasteiger partial charge < -0.3 is 25.6 Å². The number of hydrogen-bond acceptors (Lipinski definition) is 9. The van der Waals surface area contributed by atoms with Crippen molar-refractivity contribution in [1.29, 1.82) is 0 Å². The van der Waals surface area contributed by atoms with E-state index in [9.17, 15) is 10.2 Å². The lowest BCUT2D eigenvalue weighted by Crippen LogP contribution is -2.41. The molecule has 0 fully saturated rings. The number of aliphatic hydroxyl groups is 2. The average Bonchev–Trinajstić information content (AvgIpc) is 2.82. The van der Waals surface area contributed by atoms with Crippen LogP contribution in [-0.2, 0) is 0 Å². The lowest BCUT2D eigenvalue weighted by Gasteiger charge is -2.24. The number of aromatic nitrogens is 2. The van der Waals surface area contributed by atoms with Gasteiger partial charge in [0.1, 0.15) is 23.7 Å². The molecule has 1 unspecified atom stereocenters. The van der Waals surface area contributed by atoms with Crippen molar-refractivity contribution < 1.29 is 14.9 Å². The first kappa shape index (κ1) is 24.0. The van der Waals surface area contributed by atoms with E-state index in [1.54, 1.807) is 31.4 Å². The van der Waals surface area contributed by atoms with Crippen LogP contribution in [0, 0.1) is 5.92 Å². The maximum Gasteiger partial charge on any atom is 0.130 e. The van der Waals surface area contributed by atoms with E-state index < -0.39 is 6.04 Å². The molecule has 2 heterocycles. The van der Waals surface area contributed by atoms with E-state index in [4.69, 9.17) is 4.74 Å². The molecule has 4 N–H and O–H groups in total. The van der Waals surface area contributed by atoms with Gasteiger partial charge in [0.15, 0.2) is 0 Å². The highest BCUT2D eigenvalue weighted by atomic mass is 32.2. The molecule has 3 rings (SSSR count). The largest absolute Gasteiger partial charge is 0.496 e. The van der Waals surface area contributed by atoms with Crippen molar-refractivity contribution in [2.75, 3.05) is 31.5 Å². The molecule has 2 atom stereocenters. The Balaban J connectivity index is 1.61. The first-order valence-corrected chi connectivity index (χ1v) is 11.7. The first-order chi connectivity index (χ1) is 15.5. The Hall–Kier alpha value is -2.62. The molecule has 1 aliphatic heterocycles. The molecule has 0 aliphatic carbocycles. The van der Waals surface area contributed by atoms with Crippen LogP contribution in [0.25, 0.3) is 5.57 Å². The molecule has 1 aliphatic rings. The molecule has 0 spiro atoms. The predicted molar refractivity (Wildman–Crippen MR) is 130 cm³/mol. The van der Waals surface area contributed by atoms with Gasteiger partial charge in [-0.3, -0.25) is 0 Å². The summed E-state index contributed by atoms with van der Waals surface area (Å²) < 4.78 is 5.47. The molecule has 0 saturated carbocycles. The number of anilines is 1. The Morgan fingerprint density at radius 1 is 1.22 bits per heavy atom. The quantitative estimate of drug-likeness (QED) is 0.403. The number of methoxy groups -OCH3 is 1. The SMILES string of the molecule is COc1ccccc1[C@H](C)SCNc1cc(C2=CN=C(NC(CO)CO)CC2C)ncn1. The second-order valence-corrected chi connectivity index (χ2v) is 8.96. The van der Waals surface area contributed by atoms with Gasteiger partial charge in [0, 0.05) is 29.5 Å². The maximum absolute atomic E-state index is 9.25. The Morgan fingerprint density at radius 2 is 2.00 bits per heavy atom. The van der Waals surface area contributed by atoms with Gasteiger partial charge in [0.2, 0.25) is 0 Å². The number of nitrogens with one attached hydrogen (secondary N) is 2. The standard InChI is InChI=1S/C23H31N5O3S/c1-15-8-23(28-17(11-29)12-30)24-10-19(15)20-9-22(26-13-25-20)27-14-32-16(2)18-6-4-5-7-21(18)31-3/h4-7,9-10,13,15-17,29-30H,8,11-12,14H2,1-3H3,(H,24,28)(H,25,26,27)/t15?,16-/m0/s1. The number of allylic oxidation sites excluding steroid dienone is 1. The van der Waals surface area contributed by atoms with Gasteiger partial charge in [-0.2, -0.15) is 0 Å². The summed E-state index contributed by atoms with van der Waals surface area (Å²) in [6.07, 6.45) is 4.04. The minimum Gasteiger partial charge on any atom is -0.496 e. The fraction of sp³-hybridized carbons (Fsp3) is 0.435. The molecule has 0 saturated heterocycles. The van der Waals surface area contributed by atoms with E-state index in [1.807, 2.05) is 24.3 Å². The summed E-state index contributed by atoms with van der Waals surface area (Å²) in [5.74, 6) is 3.30. The van der Waals surface area contributed by atoms with E-state index in [1.165, 1.54) is 5.56 Å². The lowest BCUT2D eigenvalue weighted by atomic mass is 9.93. The summed E-state index contributed by atoms with van der Waals surface area (Å²) in [5, 5.41) is 25.2. The number of amidine groups is 1. The third kappa shape index (κ3) is 6.21. The van der Waals surface area contributed by atoms with E-state index in [0.29, 0.717) is 12.3 Å². The number of thioether (sulfide) groups is 1. The summed E-state index contributed by atoms with van der Waals surface area (Å²) in [6.45, 7) is 3.98. The zero-order valence-corrected chi connectivity index (χ0v) is 19.5. The molecule has 32 heavy (non-hydrogen) atoms. The summed E-state index contributed by atoms with van der Waals surface area (Å²) in [4.78, 5) is 13.2. The van der Waals surface area contributed by atoms with Crippen molar-refractivity contribution >= 4 is 29.0 Å². The topological polar surface area (TPSA) is 112 Å². The Kier molecular flexibility index (Phi) is 8.90. The zero-order chi connectivity index (χ0) is 22.9. The molecule has 2 aromatic rings. The van der Waals surface area contributed by atoms with Gasteiger partial charge in [-0.1, -0.05) is 25.1 Å². The highest BCUT2D eigenvalue weighted by Gasteiger charge is 2.21. The smallest absolute Gasteiger partial charge is 0.130 e. The van der Waals surface area contributed by atoms with Gasteiger partial charge in [0.05, 0.1) is 37.9 Å². The molecule has 8 nitrogen and oxygen atoms in total. The van der Waals surface area contributed by atoms with E-state index >= 15 is 0 Å². The molecule has 1 aromatic carbocycles. The van der Waals surface area contributed by atoms with Gasteiger partial charge in [-0.15, -0.1) is 11.8 Å². The van der Waals surface area contributed by atoms with Crippen molar-refractivity contribution in [1.82, 2.24) is 15.3 Å². The first-order valence-electron chi connectivity index (χ1n) is 10.6. The van der Waals surface area contributed by atoms with Gasteiger partial charge in [-0.05, 0) is 24.5 Å². The van der Waals surface area contributed by atoms with Crippen LogP contribution in [0.15, 0.2) is 47.9 Å². The highest BCUT2D eigenvalue weighted by molar-refractivity contribution is 7.99. The monoisotopic (exact) mass is 457 g/mol. The number of hydrogen-bond donors (Lipinski definition) is 4. The molecule has 0 bridgehead atoms. The molecule has 0 radical (unpaired) electrons. The summed E-state index contributed by atoms with van der Waals surface area (Å²) in [6, 6.07) is 9.60. The molecular weight excluding hydrogens is 426 g/mol. The second kappa shape index (κ2) is 11.8. The average molecular weight is 458 g/mol. The zero-order valence-electron chi connectivity index (χ0n) is 18.7. The molecule has 172 valence electrons. The molecule has 1 aromatic heterocycles. The van der Waals surface area contributed by atoms with Crippen molar-refractivity contribution in [2.24, 2.45) is 10.9 Å². The Labute approximate surface area is 193 Å². The van der Waals surface area contributed by atoms with Crippen LogP contribution in [0.5, 0.6) is 5.75 Å². The van der Waals surface area contributed by atoms with Crippen LogP contribution < -0.4 is 15.4 Å². The third-order valence-electron chi connectivity index (χ3n) is 5.33. The van der Waals surface area contributed by atoms with Crippen LogP contribution in [0.4, 0.5) is 5.82 Å². The van der Waals surface area contributed by atoms with Crippen LogP contribution in [0.2, 0.25) is 0 Å². The normalized spacial score (nSPS) is 16.9. The number of aliphatic imine (C=N–C) groups is 1. The van der Waals surface area contributed by atoms with E-state index in [0.717, 1.165) is 28.7 Å². The Morgan fingerprint density at radius 3 is 2.72 bits per heavy atom. The van der Waals surface area contributed by atoms with Gasteiger partial charge >= 0.3 is 0 Å². The summed E-state index contributed by atoms with van der Waals surface area (Å²) >= 11 is 1.77. The lowest BCUT2D eigenvalue weighted by molar-refractivity contribution is 0.183. The molecular formula is C23H31N5O3S. The summed E-state index contributed by atoms with van der Waals surface area (Å²) in [7, 11) is 1.69. The number of benzene rings is 1. The van der Waals surface area contributed by atoms with Crippen molar-refractivity contribution in [2.45, 2.75) is 31.6 Å². The minimum absolute atomic E-state index is 0.144. The van der Waals surface area contributed by atoms with Crippen molar-refractivity contribution in [3.63, 3.8) is 0 Å².